The number of carbonyl (C=O) groups excluding carboxylic acids is 1. The molecule has 1 heterocycles. The minimum atomic E-state index is -3.92. The highest BCUT2D eigenvalue weighted by atomic mass is 35.5. The Balaban J connectivity index is 0.00000364. The number of hydrogen-bond donors (Lipinski definition) is 2. The number of benzene rings is 1. The van der Waals surface area contributed by atoms with Crippen molar-refractivity contribution >= 4 is 28.4 Å². The van der Waals surface area contributed by atoms with Crippen LogP contribution in [0.15, 0.2) is 45.9 Å². The third-order valence-corrected chi connectivity index (χ3v) is 5.14. The van der Waals surface area contributed by atoms with Gasteiger partial charge in [-0.2, -0.15) is 0 Å². The van der Waals surface area contributed by atoms with E-state index in [4.69, 9.17) is 14.9 Å². The molecule has 0 aliphatic heterocycles. The molecule has 1 atom stereocenters. The standard InChI is InChI=1S/C18H24N2O5S.ClH/c1-4-24-18(21)16-9-10-17(25-16)26(22,23)20-11-15(19)14-7-5-13(6-8-14)12(2)3;/h5-10,12,15,20H,4,11,19H2,1-3H3;1H. The zero-order chi connectivity index (χ0) is 19.3. The maximum atomic E-state index is 12.3. The smallest absolute Gasteiger partial charge is 0.374 e. The van der Waals surface area contributed by atoms with E-state index in [1.807, 2.05) is 24.3 Å². The van der Waals surface area contributed by atoms with E-state index in [1.54, 1.807) is 6.92 Å². The van der Waals surface area contributed by atoms with Gasteiger partial charge in [0.2, 0.25) is 10.9 Å². The fourth-order valence-electron chi connectivity index (χ4n) is 2.29. The molecule has 0 saturated carbocycles. The van der Waals surface area contributed by atoms with E-state index in [0.29, 0.717) is 5.92 Å². The zero-order valence-corrected chi connectivity index (χ0v) is 17.1. The lowest BCUT2D eigenvalue weighted by Crippen LogP contribution is -2.31. The van der Waals surface area contributed by atoms with Crippen LogP contribution in [0.4, 0.5) is 0 Å². The molecule has 0 bridgehead atoms. The van der Waals surface area contributed by atoms with Gasteiger partial charge in [-0.15, -0.1) is 12.4 Å². The molecular weight excluding hydrogens is 392 g/mol. The Bertz CT molecular complexity index is 847. The maximum absolute atomic E-state index is 12.3. The van der Waals surface area contributed by atoms with Crippen LogP contribution < -0.4 is 10.5 Å². The molecule has 1 aromatic carbocycles. The summed E-state index contributed by atoms with van der Waals surface area (Å²) in [6, 6.07) is 9.69. The quantitative estimate of drug-likeness (QED) is 0.640. The number of carbonyl (C=O) groups is 1. The number of nitrogens with one attached hydrogen (secondary N) is 1. The van der Waals surface area contributed by atoms with Gasteiger partial charge in [-0.25, -0.2) is 17.9 Å². The third-order valence-electron chi connectivity index (χ3n) is 3.85. The molecule has 1 aromatic heterocycles. The summed E-state index contributed by atoms with van der Waals surface area (Å²) in [5.41, 5.74) is 8.07. The van der Waals surface area contributed by atoms with Crippen molar-refractivity contribution in [2.75, 3.05) is 13.2 Å². The summed E-state index contributed by atoms with van der Waals surface area (Å²) in [4.78, 5) is 11.6. The molecule has 0 amide bonds. The average molecular weight is 417 g/mol. The van der Waals surface area contributed by atoms with Gasteiger partial charge in [-0.3, -0.25) is 0 Å². The van der Waals surface area contributed by atoms with Crippen molar-refractivity contribution < 1.29 is 22.4 Å². The molecule has 0 saturated heterocycles. The highest BCUT2D eigenvalue weighted by Crippen LogP contribution is 2.19. The molecule has 0 spiro atoms. The molecule has 27 heavy (non-hydrogen) atoms. The minimum absolute atomic E-state index is 0. The Kier molecular flexibility index (Phi) is 8.49. The molecule has 7 nitrogen and oxygen atoms in total. The second-order valence-corrected chi connectivity index (χ2v) is 7.82. The monoisotopic (exact) mass is 416 g/mol. The maximum Gasteiger partial charge on any atom is 0.374 e. The Morgan fingerprint density at radius 3 is 2.30 bits per heavy atom. The van der Waals surface area contributed by atoms with E-state index in [2.05, 4.69) is 18.6 Å². The molecule has 150 valence electrons. The van der Waals surface area contributed by atoms with Crippen LogP contribution in [-0.2, 0) is 14.8 Å². The van der Waals surface area contributed by atoms with Crippen LogP contribution in [0.5, 0.6) is 0 Å². The average Bonchev–Trinajstić information content (AvgIpc) is 3.11. The summed E-state index contributed by atoms with van der Waals surface area (Å²) < 4.78 is 36.8. The number of esters is 1. The summed E-state index contributed by atoms with van der Waals surface area (Å²) in [7, 11) is -3.92. The lowest BCUT2D eigenvalue weighted by molar-refractivity contribution is 0.0484. The first-order valence-electron chi connectivity index (χ1n) is 8.36. The van der Waals surface area contributed by atoms with Gasteiger partial charge in [-0.1, -0.05) is 38.1 Å². The number of hydrogen-bond acceptors (Lipinski definition) is 6. The van der Waals surface area contributed by atoms with Gasteiger partial charge >= 0.3 is 5.97 Å². The van der Waals surface area contributed by atoms with Crippen molar-refractivity contribution in [2.45, 2.75) is 37.8 Å². The number of rotatable bonds is 8. The van der Waals surface area contributed by atoms with Crippen molar-refractivity contribution in [3.63, 3.8) is 0 Å². The Morgan fingerprint density at radius 1 is 1.15 bits per heavy atom. The molecule has 3 N–H and O–H groups in total. The number of ether oxygens (including phenoxy) is 1. The van der Waals surface area contributed by atoms with E-state index < -0.39 is 22.0 Å². The van der Waals surface area contributed by atoms with Crippen LogP contribution in [0.2, 0.25) is 0 Å². The van der Waals surface area contributed by atoms with Crippen molar-refractivity contribution in [1.29, 1.82) is 0 Å². The first kappa shape index (κ1) is 23.2. The van der Waals surface area contributed by atoms with E-state index in [-0.39, 0.29) is 36.4 Å². The van der Waals surface area contributed by atoms with E-state index in [0.717, 1.165) is 5.56 Å². The summed E-state index contributed by atoms with van der Waals surface area (Å²) >= 11 is 0. The Labute approximate surface area is 165 Å². The Hall–Kier alpha value is -1.87. The second kappa shape index (κ2) is 9.89. The van der Waals surface area contributed by atoms with Gasteiger partial charge in [0.15, 0.2) is 0 Å². The molecule has 9 heteroatoms. The molecule has 0 aliphatic carbocycles. The second-order valence-electron chi connectivity index (χ2n) is 6.12. The molecule has 0 aliphatic rings. The predicted octanol–water partition coefficient (Wildman–Crippen LogP) is 2.98. The Morgan fingerprint density at radius 2 is 1.74 bits per heavy atom. The summed E-state index contributed by atoms with van der Waals surface area (Å²) in [6.45, 7) is 6.01. The number of halogens is 1. The van der Waals surface area contributed by atoms with Crippen LogP contribution in [0.3, 0.4) is 0 Å². The van der Waals surface area contributed by atoms with Crippen molar-refractivity contribution in [2.24, 2.45) is 5.73 Å². The van der Waals surface area contributed by atoms with E-state index in [1.165, 1.54) is 17.7 Å². The van der Waals surface area contributed by atoms with Crippen molar-refractivity contribution in [1.82, 2.24) is 4.72 Å². The number of furan rings is 1. The SMILES string of the molecule is CCOC(=O)c1ccc(S(=O)(=O)NCC(N)c2ccc(C(C)C)cc2)o1.Cl. The topological polar surface area (TPSA) is 112 Å². The summed E-state index contributed by atoms with van der Waals surface area (Å²) in [5.74, 6) is -0.469. The fourth-order valence-corrected chi connectivity index (χ4v) is 3.28. The van der Waals surface area contributed by atoms with E-state index >= 15 is 0 Å². The van der Waals surface area contributed by atoms with Gasteiger partial charge in [0.05, 0.1) is 6.61 Å². The van der Waals surface area contributed by atoms with Crippen LogP contribution in [0, 0.1) is 0 Å². The first-order valence-corrected chi connectivity index (χ1v) is 9.85. The van der Waals surface area contributed by atoms with Crippen LogP contribution >= 0.6 is 12.4 Å². The summed E-state index contributed by atoms with van der Waals surface area (Å²) in [6.07, 6.45) is 0. The molecular formula is C18H25ClN2O5S. The molecule has 0 fully saturated rings. The van der Waals surface area contributed by atoms with Crippen LogP contribution in [0.25, 0.3) is 0 Å². The molecule has 1 unspecified atom stereocenters. The largest absolute Gasteiger partial charge is 0.460 e. The fraction of sp³-hybridized carbons (Fsp3) is 0.389. The zero-order valence-electron chi connectivity index (χ0n) is 15.5. The van der Waals surface area contributed by atoms with Crippen LogP contribution in [0.1, 0.15) is 54.4 Å². The highest BCUT2D eigenvalue weighted by Gasteiger charge is 2.22. The van der Waals surface area contributed by atoms with Gasteiger partial charge < -0.3 is 14.9 Å². The molecule has 2 aromatic rings. The normalized spacial score (nSPS) is 12.5. The van der Waals surface area contributed by atoms with Gasteiger partial charge in [0, 0.05) is 12.6 Å². The van der Waals surface area contributed by atoms with Crippen molar-refractivity contribution in [3.05, 3.63) is 53.3 Å². The highest BCUT2D eigenvalue weighted by molar-refractivity contribution is 7.89. The number of sulfonamides is 1. The predicted molar refractivity (Wildman–Crippen MR) is 105 cm³/mol. The minimum Gasteiger partial charge on any atom is -0.460 e. The van der Waals surface area contributed by atoms with Crippen molar-refractivity contribution in [3.8, 4) is 0 Å². The van der Waals surface area contributed by atoms with Gasteiger partial charge in [-0.05, 0) is 36.1 Å². The lowest BCUT2D eigenvalue weighted by Gasteiger charge is -2.14. The first-order chi connectivity index (χ1) is 12.2. The molecule has 0 radical (unpaired) electrons. The van der Waals surface area contributed by atoms with Crippen LogP contribution in [-0.4, -0.2) is 27.5 Å². The lowest BCUT2D eigenvalue weighted by atomic mass is 9.99. The van der Waals surface area contributed by atoms with Gasteiger partial charge in [0.1, 0.15) is 0 Å². The molecule has 2 rings (SSSR count). The number of nitrogens with two attached hydrogens (primary N) is 1. The third kappa shape index (κ3) is 6.07. The van der Waals surface area contributed by atoms with Gasteiger partial charge in [0.25, 0.3) is 10.0 Å². The summed E-state index contributed by atoms with van der Waals surface area (Å²) in [5, 5.41) is -0.358. The van der Waals surface area contributed by atoms with E-state index in [9.17, 15) is 13.2 Å².